The van der Waals surface area contributed by atoms with Crippen molar-refractivity contribution in [1.82, 2.24) is 14.5 Å². The van der Waals surface area contributed by atoms with Crippen LogP contribution in [0.15, 0.2) is 42.7 Å². The molecule has 0 radical (unpaired) electrons. The molecular weight excluding hydrogens is 322 g/mol. The van der Waals surface area contributed by atoms with Crippen molar-refractivity contribution in [3.8, 4) is 0 Å². The van der Waals surface area contributed by atoms with E-state index >= 15 is 0 Å². The zero-order valence-electron chi connectivity index (χ0n) is 15.2. The molecule has 5 rings (SSSR count). The van der Waals surface area contributed by atoms with E-state index in [1.807, 2.05) is 12.1 Å². The van der Waals surface area contributed by atoms with Crippen LogP contribution in [-0.2, 0) is 13.0 Å². The molecule has 1 saturated heterocycles. The van der Waals surface area contributed by atoms with Gasteiger partial charge in [0, 0.05) is 48.0 Å². The van der Waals surface area contributed by atoms with Gasteiger partial charge in [-0.05, 0) is 61.7 Å². The fraction of sp³-hybridized carbons (Fsp3) is 0.409. The third kappa shape index (κ3) is 2.48. The summed E-state index contributed by atoms with van der Waals surface area (Å²) in [7, 11) is 0. The SMILES string of the molecule is Cc1ccc2c(c1)c1c(n2CC(O)c2ccncc2)CCN2CCC[C@H]12. The number of benzene rings is 1. The third-order valence-corrected chi connectivity index (χ3v) is 6.15. The van der Waals surface area contributed by atoms with Gasteiger partial charge in [-0.25, -0.2) is 0 Å². The standard InChI is InChI=1S/C22H25N3O/c1-15-4-5-18-17(13-15)22-19-3-2-11-24(19)12-8-20(22)25(18)14-21(26)16-6-9-23-10-7-16/h4-7,9-10,13,19,21,26H,2-3,8,11-12,14H2,1H3/t19-,21?/m1/s1. The van der Waals surface area contributed by atoms with Gasteiger partial charge in [0.05, 0.1) is 12.6 Å². The van der Waals surface area contributed by atoms with E-state index in [1.54, 1.807) is 12.4 Å². The third-order valence-electron chi connectivity index (χ3n) is 6.15. The number of rotatable bonds is 3. The number of aliphatic hydroxyl groups excluding tert-OH is 1. The minimum atomic E-state index is -0.513. The highest BCUT2D eigenvalue weighted by Gasteiger charge is 2.35. The quantitative estimate of drug-likeness (QED) is 0.784. The van der Waals surface area contributed by atoms with Crippen LogP contribution in [0, 0.1) is 6.92 Å². The number of hydrogen-bond donors (Lipinski definition) is 1. The van der Waals surface area contributed by atoms with Crippen LogP contribution in [0.25, 0.3) is 10.9 Å². The van der Waals surface area contributed by atoms with E-state index in [0.29, 0.717) is 12.6 Å². The van der Waals surface area contributed by atoms with Crippen LogP contribution < -0.4 is 0 Å². The molecule has 0 spiro atoms. The number of pyridine rings is 1. The Morgan fingerprint density at radius 2 is 2.04 bits per heavy atom. The fourth-order valence-electron chi connectivity index (χ4n) is 4.93. The second kappa shape index (κ2) is 6.22. The molecule has 2 atom stereocenters. The first-order valence-corrected chi connectivity index (χ1v) is 9.66. The lowest BCUT2D eigenvalue weighted by atomic mass is 9.95. The number of aromatic nitrogens is 2. The summed E-state index contributed by atoms with van der Waals surface area (Å²) >= 11 is 0. The Balaban J connectivity index is 1.64. The summed E-state index contributed by atoms with van der Waals surface area (Å²) in [6, 6.07) is 11.1. The number of hydrogen-bond acceptors (Lipinski definition) is 3. The lowest BCUT2D eigenvalue weighted by molar-refractivity contribution is 0.155. The Morgan fingerprint density at radius 1 is 1.19 bits per heavy atom. The van der Waals surface area contributed by atoms with E-state index in [1.165, 1.54) is 47.1 Å². The summed E-state index contributed by atoms with van der Waals surface area (Å²) < 4.78 is 2.38. The molecule has 3 aromatic rings. The van der Waals surface area contributed by atoms with E-state index in [2.05, 4.69) is 39.6 Å². The molecular formula is C22H25N3O. The number of fused-ring (bicyclic) bond motifs is 5. The summed E-state index contributed by atoms with van der Waals surface area (Å²) in [4.78, 5) is 6.71. The van der Waals surface area contributed by atoms with Crippen molar-refractivity contribution in [2.45, 2.75) is 44.9 Å². The maximum atomic E-state index is 10.8. The molecule has 0 aliphatic carbocycles. The molecule has 26 heavy (non-hydrogen) atoms. The molecule has 1 fully saturated rings. The van der Waals surface area contributed by atoms with Crippen LogP contribution >= 0.6 is 0 Å². The van der Waals surface area contributed by atoms with Gasteiger partial charge in [0.15, 0.2) is 0 Å². The smallest absolute Gasteiger partial charge is 0.0970 e. The topological polar surface area (TPSA) is 41.3 Å². The normalized spacial score (nSPS) is 20.9. The van der Waals surface area contributed by atoms with Crippen LogP contribution in [0.1, 0.15) is 47.4 Å². The van der Waals surface area contributed by atoms with Crippen LogP contribution in [0.5, 0.6) is 0 Å². The number of nitrogens with zero attached hydrogens (tertiary/aromatic N) is 3. The Bertz CT molecular complexity index is 947. The first kappa shape index (κ1) is 16.0. The minimum Gasteiger partial charge on any atom is -0.387 e. The van der Waals surface area contributed by atoms with Crippen molar-refractivity contribution in [1.29, 1.82) is 0 Å². The van der Waals surface area contributed by atoms with Crippen LogP contribution in [0.4, 0.5) is 0 Å². The zero-order chi connectivity index (χ0) is 17.7. The predicted octanol–water partition coefficient (Wildman–Crippen LogP) is 3.77. The summed E-state index contributed by atoms with van der Waals surface area (Å²) in [5.74, 6) is 0. The first-order chi connectivity index (χ1) is 12.7. The summed E-state index contributed by atoms with van der Waals surface area (Å²) in [5.41, 5.74) is 6.46. The van der Waals surface area contributed by atoms with Crippen molar-refractivity contribution in [3.63, 3.8) is 0 Å². The second-order valence-corrected chi connectivity index (χ2v) is 7.73. The van der Waals surface area contributed by atoms with Gasteiger partial charge in [-0.15, -0.1) is 0 Å². The molecule has 2 aromatic heterocycles. The minimum absolute atomic E-state index is 0.513. The molecule has 134 valence electrons. The zero-order valence-corrected chi connectivity index (χ0v) is 15.2. The molecule has 1 N–H and O–H groups in total. The number of aliphatic hydroxyl groups is 1. The van der Waals surface area contributed by atoms with Gasteiger partial charge in [0.25, 0.3) is 0 Å². The van der Waals surface area contributed by atoms with Gasteiger partial charge in [0.2, 0.25) is 0 Å². The van der Waals surface area contributed by atoms with Gasteiger partial charge >= 0.3 is 0 Å². The molecule has 1 aromatic carbocycles. The van der Waals surface area contributed by atoms with Crippen LogP contribution in [0.2, 0.25) is 0 Å². The Kier molecular flexibility index (Phi) is 3.84. The average Bonchev–Trinajstić information content (AvgIpc) is 3.25. The molecule has 4 heteroatoms. The fourth-order valence-corrected chi connectivity index (χ4v) is 4.93. The molecule has 2 aliphatic heterocycles. The van der Waals surface area contributed by atoms with E-state index in [4.69, 9.17) is 0 Å². The molecule has 1 unspecified atom stereocenters. The maximum Gasteiger partial charge on any atom is 0.0970 e. The molecule has 0 saturated carbocycles. The van der Waals surface area contributed by atoms with Crippen LogP contribution in [-0.4, -0.2) is 32.6 Å². The molecule has 4 heterocycles. The molecule has 0 bridgehead atoms. The van der Waals surface area contributed by atoms with E-state index in [9.17, 15) is 5.11 Å². The lowest BCUT2D eigenvalue weighted by Gasteiger charge is -2.31. The highest BCUT2D eigenvalue weighted by atomic mass is 16.3. The monoisotopic (exact) mass is 347 g/mol. The van der Waals surface area contributed by atoms with E-state index in [0.717, 1.165) is 18.5 Å². The maximum absolute atomic E-state index is 10.8. The highest BCUT2D eigenvalue weighted by Crippen LogP contribution is 2.43. The van der Waals surface area contributed by atoms with Crippen molar-refractivity contribution in [3.05, 3.63) is 65.1 Å². The first-order valence-electron chi connectivity index (χ1n) is 9.66. The second-order valence-electron chi connectivity index (χ2n) is 7.73. The molecule has 0 amide bonds. The average molecular weight is 347 g/mol. The Labute approximate surface area is 154 Å². The summed E-state index contributed by atoms with van der Waals surface area (Å²) in [6.45, 7) is 5.14. The van der Waals surface area contributed by atoms with Crippen molar-refractivity contribution >= 4 is 10.9 Å². The Morgan fingerprint density at radius 3 is 2.88 bits per heavy atom. The van der Waals surface area contributed by atoms with Crippen LogP contribution in [0.3, 0.4) is 0 Å². The van der Waals surface area contributed by atoms with Gasteiger partial charge in [-0.3, -0.25) is 9.88 Å². The largest absolute Gasteiger partial charge is 0.387 e. The number of aryl methyl sites for hydroxylation is 1. The molecule has 2 aliphatic rings. The lowest BCUT2D eigenvalue weighted by Crippen LogP contribution is -2.31. The van der Waals surface area contributed by atoms with Gasteiger partial charge in [-0.2, -0.15) is 0 Å². The molecule has 4 nitrogen and oxygen atoms in total. The van der Waals surface area contributed by atoms with E-state index in [-0.39, 0.29) is 0 Å². The Hall–Kier alpha value is -2.17. The van der Waals surface area contributed by atoms with Crippen molar-refractivity contribution < 1.29 is 5.11 Å². The highest BCUT2D eigenvalue weighted by molar-refractivity contribution is 5.87. The summed E-state index contributed by atoms with van der Waals surface area (Å²) in [6.07, 6.45) is 6.61. The van der Waals surface area contributed by atoms with Crippen molar-refractivity contribution in [2.75, 3.05) is 13.1 Å². The predicted molar refractivity (Wildman–Crippen MR) is 103 cm³/mol. The van der Waals surface area contributed by atoms with Crippen molar-refractivity contribution in [2.24, 2.45) is 0 Å². The van der Waals surface area contributed by atoms with E-state index < -0.39 is 6.10 Å². The van der Waals surface area contributed by atoms with Gasteiger partial charge in [0.1, 0.15) is 0 Å². The van der Waals surface area contributed by atoms with Gasteiger partial charge < -0.3 is 9.67 Å². The summed E-state index contributed by atoms with van der Waals surface area (Å²) in [5, 5.41) is 12.2. The van der Waals surface area contributed by atoms with Gasteiger partial charge in [-0.1, -0.05) is 11.6 Å².